The number of rotatable bonds is 3. The fourth-order valence-electron chi connectivity index (χ4n) is 9.97. The summed E-state index contributed by atoms with van der Waals surface area (Å²) in [6.07, 6.45) is 0. The molecule has 0 fully saturated rings. The Morgan fingerprint density at radius 1 is 0.235 bits per heavy atom. The first-order chi connectivity index (χ1) is 25.3. The SMILES string of the molecule is c1ccc(N(c2ccccc2)c2ccc3c(c2)C2(c4ccccc4-3)c3ccccc3C3(c4ccccc4-c4ccccc43)c3ccccc32)cc1. The van der Waals surface area contributed by atoms with Gasteiger partial charge in [-0.1, -0.05) is 164 Å². The summed E-state index contributed by atoms with van der Waals surface area (Å²) < 4.78 is 0. The Kier molecular flexibility index (Phi) is 5.86. The van der Waals surface area contributed by atoms with Gasteiger partial charge in [0.15, 0.2) is 0 Å². The highest BCUT2D eigenvalue weighted by Crippen LogP contribution is 2.67. The van der Waals surface area contributed by atoms with Gasteiger partial charge in [-0.05, 0) is 103 Å². The molecule has 8 aromatic rings. The van der Waals surface area contributed by atoms with Crippen molar-refractivity contribution in [1.82, 2.24) is 0 Å². The minimum atomic E-state index is -0.522. The van der Waals surface area contributed by atoms with Gasteiger partial charge >= 0.3 is 0 Å². The molecule has 0 aromatic heterocycles. The minimum absolute atomic E-state index is 0.443. The van der Waals surface area contributed by atoms with Crippen LogP contribution < -0.4 is 4.90 Å². The van der Waals surface area contributed by atoms with Crippen LogP contribution in [0.2, 0.25) is 0 Å². The molecule has 0 radical (unpaired) electrons. The number of hydrogen-bond donors (Lipinski definition) is 0. The summed E-state index contributed by atoms with van der Waals surface area (Å²) in [6.45, 7) is 0. The molecule has 0 saturated carbocycles. The number of para-hydroxylation sites is 2. The van der Waals surface area contributed by atoms with Gasteiger partial charge in [0.1, 0.15) is 0 Å². The molecule has 2 spiro atoms. The van der Waals surface area contributed by atoms with Crippen LogP contribution in [0.3, 0.4) is 0 Å². The average Bonchev–Trinajstić information content (AvgIpc) is 3.66. The van der Waals surface area contributed by atoms with E-state index in [0.29, 0.717) is 0 Å². The Morgan fingerprint density at radius 2 is 0.549 bits per heavy atom. The van der Waals surface area contributed by atoms with Gasteiger partial charge in [-0.2, -0.15) is 0 Å². The molecule has 0 saturated heterocycles. The van der Waals surface area contributed by atoms with E-state index in [1.165, 1.54) is 66.8 Å². The third-order valence-electron chi connectivity index (χ3n) is 11.7. The van der Waals surface area contributed by atoms with E-state index in [9.17, 15) is 0 Å². The lowest BCUT2D eigenvalue weighted by Crippen LogP contribution is -2.43. The largest absolute Gasteiger partial charge is 0.310 e. The third-order valence-corrected chi connectivity index (χ3v) is 11.7. The molecule has 0 heterocycles. The van der Waals surface area contributed by atoms with Crippen molar-refractivity contribution in [3.63, 3.8) is 0 Å². The van der Waals surface area contributed by atoms with Gasteiger partial charge in [0.05, 0.1) is 10.8 Å². The standard InChI is InChI=1S/C50H33N/c1-3-17-34(18-4-1)51(35-19-5-2-6-20-35)36-31-32-40-39-23-9-12-26-43(39)50(48(40)33-36)46-29-15-13-27-44(46)49(45-28-14-16-30-47(45)50)41-24-10-7-21-37(41)38-22-8-11-25-42(38)49/h1-33H. The predicted octanol–water partition coefficient (Wildman–Crippen LogP) is 12.2. The van der Waals surface area contributed by atoms with E-state index in [4.69, 9.17) is 0 Å². The molecule has 3 aliphatic rings. The Hall–Kier alpha value is -6.44. The number of benzene rings is 8. The second-order valence-corrected chi connectivity index (χ2v) is 14.0. The quantitative estimate of drug-likeness (QED) is 0.184. The summed E-state index contributed by atoms with van der Waals surface area (Å²) in [6, 6.07) is 74.6. The number of fused-ring (bicyclic) bond motifs is 16. The maximum absolute atomic E-state index is 2.48. The van der Waals surface area contributed by atoms with E-state index in [1.54, 1.807) is 0 Å². The van der Waals surface area contributed by atoms with Crippen molar-refractivity contribution in [3.05, 3.63) is 245 Å². The van der Waals surface area contributed by atoms with Gasteiger partial charge in [-0.25, -0.2) is 0 Å². The molecule has 1 heteroatoms. The van der Waals surface area contributed by atoms with Crippen LogP contribution >= 0.6 is 0 Å². The van der Waals surface area contributed by atoms with Gasteiger partial charge in [-0.3, -0.25) is 0 Å². The number of anilines is 3. The van der Waals surface area contributed by atoms with E-state index in [0.717, 1.165) is 17.1 Å². The highest BCUT2D eigenvalue weighted by molar-refractivity contribution is 5.94. The normalized spacial score (nSPS) is 14.6. The second kappa shape index (κ2) is 10.5. The van der Waals surface area contributed by atoms with Crippen LogP contribution in [0, 0.1) is 0 Å². The summed E-state index contributed by atoms with van der Waals surface area (Å²) in [5, 5.41) is 0. The van der Waals surface area contributed by atoms with E-state index < -0.39 is 10.8 Å². The van der Waals surface area contributed by atoms with Crippen molar-refractivity contribution < 1.29 is 0 Å². The van der Waals surface area contributed by atoms with E-state index in [1.807, 2.05) is 0 Å². The lowest BCUT2D eigenvalue weighted by Gasteiger charge is -2.49. The van der Waals surface area contributed by atoms with Gasteiger partial charge in [-0.15, -0.1) is 0 Å². The van der Waals surface area contributed by atoms with Crippen molar-refractivity contribution in [2.45, 2.75) is 10.8 Å². The first kappa shape index (κ1) is 28.4. The van der Waals surface area contributed by atoms with Gasteiger partial charge in [0.2, 0.25) is 0 Å². The Labute approximate surface area is 298 Å². The molecule has 8 aromatic carbocycles. The predicted molar refractivity (Wildman–Crippen MR) is 209 cm³/mol. The lowest BCUT2D eigenvalue weighted by molar-refractivity contribution is 0.633. The van der Waals surface area contributed by atoms with Crippen LogP contribution in [0.15, 0.2) is 200 Å². The van der Waals surface area contributed by atoms with Crippen LogP contribution in [-0.4, -0.2) is 0 Å². The molecule has 1 nitrogen and oxygen atoms in total. The fourth-order valence-corrected chi connectivity index (χ4v) is 9.97. The fraction of sp³-hybridized carbons (Fsp3) is 0.0400. The molecule has 0 unspecified atom stereocenters. The van der Waals surface area contributed by atoms with Crippen molar-refractivity contribution in [1.29, 1.82) is 0 Å². The monoisotopic (exact) mass is 647 g/mol. The Bertz CT molecular complexity index is 2520. The molecule has 0 aliphatic heterocycles. The zero-order chi connectivity index (χ0) is 33.6. The first-order valence-corrected chi connectivity index (χ1v) is 17.9. The maximum atomic E-state index is 2.48. The molecule has 0 bridgehead atoms. The molecule has 0 N–H and O–H groups in total. The zero-order valence-corrected chi connectivity index (χ0v) is 28.0. The molecule has 238 valence electrons. The van der Waals surface area contributed by atoms with Crippen LogP contribution in [-0.2, 0) is 10.8 Å². The second-order valence-electron chi connectivity index (χ2n) is 14.0. The summed E-state index contributed by atoms with van der Waals surface area (Å²) in [4.78, 5) is 2.39. The van der Waals surface area contributed by atoms with Gasteiger partial charge in [0, 0.05) is 17.1 Å². The molecule has 51 heavy (non-hydrogen) atoms. The smallest absolute Gasteiger partial charge is 0.0720 e. The van der Waals surface area contributed by atoms with Crippen LogP contribution in [0.4, 0.5) is 17.1 Å². The van der Waals surface area contributed by atoms with Crippen molar-refractivity contribution in [2.24, 2.45) is 0 Å². The van der Waals surface area contributed by atoms with Crippen LogP contribution in [0.1, 0.15) is 44.5 Å². The summed E-state index contributed by atoms with van der Waals surface area (Å²) >= 11 is 0. The summed E-state index contributed by atoms with van der Waals surface area (Å²) in [7, 11) is 0. The highest BCUT2D eigenvalue weighted by atomic mass is 15.1. The maximum Gasteiger partial charge on any atom is 0.0720 e. The van der Waals surface area contributed by atoms with Crippen molar-refractivity contribution >= 4 is 17.1 Å². The van der Waals surface area contributed by atoms with E-state index in [2.05, 4.69) is 205 Å². The zero-order valence-electron chi connectivity index (χ0n) is 28.0. The van der Waals surface area contributed by atoms with E-state index in [-0.39, 0.29) is 0 Å². The first-order valence-electron chi connectivity index (χ1n) is 17.9. The number of hydrogen-bond acceptors (Lipinski definition) is 1. The topological polar surface area (TPSA) is 3.24 Å². The summed E-state index contributed by atoms with van der Waals surface area (Å²) in [5.41, 5.74) is 18.5. The number of nitrogens with zero attached hydrogens (tertiary/aromatic N) is 1. The molecule has 0 atom stereocenters. The Balaban J connectivity index is 1.27. The van der Waals surface area contributed by atoms with Crippen LogP contribution in [0.5, 0.6) is 0 Å². The van der Waals surface area contributed by atoms with Gasteiger partial charge in [0.25, 0.3) is 0 Å². The van der Waals surface area contributed by atoms with E-state index >= 15 is 0 Å². The Morgan fingerprint density at radius 3 is 0.961 bits per heavy atom. The van der Waals surface area contributed by atoms with Crippen molar-refractivity contribution in [3.8, 4) is 22.3 Å². The van der Waals surface area contributed by atoms with Crippen molar-refractivity contribution in [2.75, 3.05) is 4.90 Å². The lowest BCUT2D eigenvalue weighted by atomic mass is 9.52. The highest BCUT2D eigenvalue weighted by Gasteiger charge is 2.58. The molecule has 0 amide bonds. The van der Waals surface area contributed by atoms with Crippen LogP contribution in [0.25, 0.3) is 22.3 Å². The molecular weight excluding hydrogens is 615 g/mol. The minimum Gasteiger partial charge on any atom is -0.310 e. The van der Waals surface area contributed by atoms with Gasteiger partial charge < -0.3 is 4.90 Å². The molecule has 3 aliphatic carbocycles. The average molecular weight is 648 g/mol. The molecular formula is C50H33N. The summed E-state index contributed by atoms with van der Waals surface area (Å²) in [5.74, 6) is 0. The molecule has 11 rings (SSSR count). The third kappa shape index (κ3) is 3.55.